The zero-order valence-electron chi connectivity index (χ0n) is 25.0. The van der Waals surface area contributed by atoms with E-state index in [2.05, 4.69) is 4.98 Å². The number of thiazole rings is 1. The van der Waals surface area contributed by atoms with E-state index in [4.69, 9.17) is 30.9 Å². The Labute approximate surface area is 261 Å². The highest BCUT2D eigenvalue weighted by atomic mass is 35.5. The minimum Gasteiger partial charge on any atom is -0.490 e. The number of aliphatic carboxylic acids is 1. The van der Waals surface area contributed by atoms with Crippen molar-refractivity contribution in [2.24, 2.45) is 5.41 Å². The smallest absolute Gasteiger partial charge is 0.308 e. The van der Waals surface area contributed by atoms with E-state index in [-0.39, 0.29) is 25.5 Å². The van der Waals surface area contributed by atoms with Crippen molar-refractivity contribution in [2.45, 2.75) is 65.6 Å². The summed E-state index contributed by atoms with van der Waals surface area (Å²) < 4.78 is 18.7. The minimum atomic E-state index is -0.899. The number of carbonyl (C=O) groups excluding carboxylic acids is 1. The fourth-order valence-electron chi connectivity index (χ4n) is 5.08. The molecule has 232 valence electrons. The van der Waals surface area contributed by atoms with Gasteiger partial charge in [-0.2, -0.15) is 0 Å². The number of halogens is 1. The van der Waals surface area contributed by atoms with Crippen LogP contribution in [0, 0.1) is 5.41 Å². The van der Waals surface area contributed by atoms with E-state index >= 15 is 0 Å². The Morgan fingerprint density at radius 3 is 2.63 bits per heavy atom. The van der Waals surface area contributed by atoms with E-state index < -0.39 is 23.6 Å². The molecule has 0 saturated carbocycles. The van der Waals surface area contributed by atoms with Crippen LogP contribution in [0.2, 0.25) is 5.02 Å². The molecule has 0 fully saturated rings. The highest BCUT2D eigenvalue weighted by molar-refractivity contribution is 7.11. The lowest BCUT2D eigenvalue weighted by molar-refractivity contribution is -0.136. The normalized spacial score (nSPS) is 17.0. The topological polar surface area (TPSA) is 118 Å². The molecule has 1 amide bonds. The third-order valence-corrected chi connectivity index (χ3v) is 8.38. The number of aliphatic hydroxyl groups is 1. The molecule has 9 nitrogen and oxygen atoms in total. The van der Waals surface area contributed by atoms with Gasteiger partial charge in [0.05, 0.1) is 24.6 Å². The van der Waals surface area contributed by atoms with Crippen molar-refractivity contribution >= 4 is 40.5 Å². The molecule has 2 heterocycles. The standard InChI is InChI=1S/C32H39ClN2O7S/c1-5-40-25-10-7-9-22(30(25)41-6-2)29-23-15-20(33)13-14-24(23)35(18-32(3,4)19-36)31(39)26(42-29)11-8-12-27-34-17-21(43-27)16-28(37)38/h7,9-10,13-15,17,26,29,36H,5-6,8,11-12,16,18-19H2,1-4H3,(H,37,38)/t26-,29-/m1/s1. The van der Waals surface area contributed by atoms with Gasteiger partial charge in [-0.3, -0.25) is 9.59 Å². The van der Waals surface area contributed by atoms with Gasteiger partial charge in [-0.15, -0.1) is 11.3 Å². The Hall–Kier alpha value is -3.18. The molecule has 1 aliphatic rings. The maximum absolute atomic E-state index is 14.3. The van der Waals surface area contributed by atoms with Gasteiger partial charge >= 0.3 is 5.97 Å². The first kappa shape index (κ1) is 32.7. The van der Waals surface area contributed by atoms with Gasteiger partial charge in [-0.25, -0.2) is 4.98 Å². The largest absolute Gasteiger partial charge is 0.490 e. The molecule has 2 atom stereocenters. The van der Waals surface area contributed by atoms with Crippen LogP contribution >= 0.6 is 22.9 Å². The van der Waals surface area contributed by atoms with Crippen molar-refractivity contribution in [1.29, 1.82) is 0 Å². The molecule has 3 aromatic rings. The highest BCUT2D eigenvalue weighted by Gasteiger charge is 2.39. The first-order valence-corrected chi connectivity index (χ1v) is 15.7. The van der Waals surface area contributed by atoms with Crippen LogP contribution in [0.5, 0.6) is 11.5 Å². The predicted molar refractivity (Wildman–Crippen MR) is 167 cm³/mol. The lowest BCUT2D eigenvalue weighted by Gasteiger charge is -2.32. The lowest BCUT2D eigenvalue weighted by atomic mass is 9.92. The summed E-state index contributed by atoms with van der Waals surface area (Å²) in [5.41, 5.74) is 1.51. The number of carboxylic acid groups (broad SMARTS) is 1. The predicted octanol–water partition coefficient (Wildman–Crippen LogP) is 6.08. The van der Waals surface area contributed by atoms with Gasteiger partial charge < -0.3 is 29.3 Å². The number of benzene rings is 2. The average molecular weight is 631 g/mol. The summed E-state index contributed by atoms with van der Waals surface area (Å²) in [6.45, 7) is 8.64. The maximum Gasteiger partial charge on any atom is 0.308 e. The first-order chi connectivity index (χ1) is 20.6. The van der Waals surface area contributed by atoms with E-state index in [1.54, 1.807) is 17.2 Å². The van der Waals surface area contributed by atoms with Gasteiger partial charge in [0.1, 0.15) is 12.2 Å². The Bertz CT molecular complexity index is 1430. The zero-order valence-corrected chi connectivity index (χ0v) is 26.5. The van der Waals surface area contributed by atoms with E-state index in [0.717, 1.165) is 10.6 Å². The van der Waals surface area contributed by atoms with Crippen molar-refractivity contribution in [3.8, 4) is 11.5 Å². The molecule has 4 rings (SSSR count). The fourth-order valence-corrected chi connectivity index (χ4v) is 6.22. The number of para-hydroxylation sites is 1. The molecule has 0 aliphatic carbocycles. The molecule has 0 radical (unpaired) electrons. The minimum absolute atomic E-state index is 0.0665. The highest BCUT2D eigenvalue weighted by Crippen LogP contribution is 2.46. The van der Waals surface area contributed by atoms with Gasteiger partial charge in [0.15, 0.2) is 11.5 Å². The number of aliphatic hydroxyl groups excluding tert-OH is 1. The fraction of sp³-hybridized carbons (Fsp3) is 0.469. The number of ether oxygens (including phenoxy) is 3. The summed E-state index contributed by atoms with van der Waals surface area (Å²) in [5, 5.41) is 20.5. The van der Waals surface area contributed by atoms with Crippen LogP contribution in [0.25, 0.3) is 0 Å². The number of amides is 1. The Morgan fingerprint density at radius 2 is 1.93 bits per heavy atom. The number of rotatable bonds is 14. The van der Waals surface area contributed by atoms with E-state index in [9.17, 15) is 14.7 Å². The van der Waals surface area contributed by atoms with Gasteiger partial charge in [0.2, 0.25) is 0 Å². The van der Waals surface area contributed by atoms with Crippen molar-refractivity contribution in [1.82, 2.24) is 4.98 Å². The monoisotopic (exact) mass is 630 g/mol. The molecule has 1 aromatic heterocycles. The van der Waals surface area contributed by atoms with Crippen molar-refractivity contribution in [2.75, 3.05) is 31.3 Å². The van der Waals surface area contributed by atoms with Gasteiger partial charge in [-0.1, -0.05) is 37.6 Å². The number of hydrogen-bond donors (Lipinski definition) is 2. The average Bonchev–Trinajstić information content (AvgIpc) is 3.37. The summed E-state index contributed by atoms with van der Waals surface area (Å²) in [6, 6.07) is 11.0. The van der Waals surface area contributed by atoms with Gasteiger partial charge in [0.25, 0.3) is 5.91 Å². The summed E-state index contributed by atoms with van der Waals surface area (Å²) in [6.07, 6.45) is 1.57. The van der Waals surface area contributed by atoms with Crippen LogP contribution in [0.15, 0.2) is 42.6 Å². The number of carbonyl (C=O) groups is 2. The molecule has 11 heteroatoms. The van der Waals surface area contributed by atoms with Crippen molar-refractivity contribution in [3.63, 3.8) is 0 Å². The van der Waals surface area contributed by atoms with Crippen LogP contribution in [0.3, 0.4) is 0 Å². The molecular formula is C32H39ClN2O7S. The Kier molecular flexibility index (Phi) is 11.1. The second kappa shape index (κ2) is 14.5. The molecular weight excluding hydrogens is 592 g/mol. The van der Waals surface area contributed by atoms with Crippen LogP contribution in [-0.4, -0.2) is 59.5 Å². The van der Waals surface area contributed by atoms with Gasteiger partial charge in [-0.05, 0) is 57.4 Å². The number of fused-ring (bicyclic) bond motifs is 1. The summed E-state index contributed by atoms with van der Waals surface area (Å²) in [5.74, 6) is 0.0218. The van der Waals surface area contributed by atoms with Crippen LogP contribution < -0.4 is 14.4 Å². The molecule has 0 unspecified atom stereocenters. The second-order valence-electron chi connectivity index (χ2n) is 11.2. The van der Waals surface area contributed by atoms with Crippen molar-refractivity contribution in [3.05, 3.63) is 68.6 Å². The molecule has 0 saturated heterocycles. The van der Waals surface area contributed by atoms with Crippen LogP contribution in [0.1, 0.15) is 67.7 Å². The lowest BCUT2D eigenvalue weighted by Crippen LogP contribution is -2.45. The third-order valence-electron chi connectivity index (χ3n) is 7.08. The van der Waals surface area contributed by atoms with E-state index in [1.165, 1.54) is 11.3 Å². The number of aryl methyl sites for hydroxylation is 1. The van der Waals surface area contributed by atoms with E-state index in [1.807, 2.05) is 58.0 Å². The number of anilines is 1. The number of nitrogens with zero attached hydrogens (tertiary/aromatic N) is 2. The third kappa shape index (κ3) is 8.06. The molecule has 2 aromatic carbocycles. The summed E-state index contributed by atoms with van der Waals surface area (Å²) in [4.78, 5) is 32.1. The van der Waals surface area contributed by atoms with Crippen LogP contribution in [-0.2, 0) is 27.2 Å². The molecule has 0 spiro atoms. The Morgan fingerprint density at radius 1 is 1.16 bits per heavy atom. The zero-order chi connectivity index (χ0) is 31.1. The SMILES string of the molecule is CCOc1cccc([C@H]2O[C@H](CCCc3ncc(CC(=O)O)s3)C(=O)N(CC(C)(C)CO)c3ccc(Cl)cc32)c1OCC. The summed E-state index contributed by atoms with van der Waals surface area (Å²) >= 11 is 7.90. The number of aromatic nitrogens is 1. The van der Waals surface area contributed by atoms with Gasteiger partial charge in [0, 0.05) is 51.5 Å². The van der Waals surface area contributed by atoms with Crippen molar-refractivity contribution < 1.29 is 34.0 Å². The molecule has 0 bridgehead atoms. The molecule has 1 aliphatic heterocycles. The molecule has 2 N–H and O–H groups in total. The quantitative estimate of drug-likeness (QED) is 0.220. The second-order valence-corrected chi connectivity index (χ2v) is 12.8. The van der Waals surface area contributed by atoms with E-state index in [0.29, 0.717) is 65.1 Å². The maximum atomic E-state index is 14.3. The Balaban J connectivity index is 1.75. The number of carboxylic acids is 1. The summed E-state index contributed by atoms with van der Waals surface area (Å²) in [7, 11) is 0. The number of hydrogen-bond acceptors (Lipinski definition) is 8. The van der Waals surface area contributed by atoms with Crippen LogP contribution in [0.4, 0.5) is 5.69 Å². The molecule has 43 heavy (non-hydrogen) atoms. The first-order valence-electron chi connectivity index (χ1n) is 14.5.